The van der Waals surface area contributed by atoms with Gasteiger partial charge in [0.2, 0.25) is 0 Å². The Morgan fingerprint density at radius 1 is 1.19 bits per heavy atom. The van der Waals surface area contributed by atoms with Gasteiger partial charge in [-0.2, -0.15) is 0 Å². The van der Waals surface area contributed by atoms with E-state index in [0.717, 1.165) is 16.4 Å². The molecule has 0 aliphatic rings. The predicted octanol–water partition coefficient (Wildman–Crippen LogP) is 2.52. The zero-order chi connectivity index (χ0) is 11.4. The van der Waals surface area contributed by atoms with Crippen molar-refractivity contribution in [2.75, 3.05) is 17.3 Å². The lowest BCUT2D eigenvalue weighted by molar-refractivity contribution is 1.11. The fraction of sp³-hybridized carbons (Fsp3) is 0.0909. The molecule has 0 radical (unpaired) electrons. The van der Waals surface area contributed by atoms with Crippen LogP contribution in [0.2, 0.25) is 0 Å². The highest BCUT2D eigenvalue weighted by molar-refractivity contribution is 7.98. The van der Waals surface area contributed by atoms with Crippen molar-refractivity contribution in [3.05, 3.63) is 36.7 Å². The fourth-order valence-corrected chi connectivity index (χ4v) is 1.89. The summed E-state index contributed by atoms with van der Waals surface area (Å²) in [5.74, 6) is 1.24. The van der Waals surface area contributed by atoms with Crippen molar-refractivity contribution in [1.29, 1.82) is 0 Å². The second kappa shape index (κ2) is 4.85. The average molecular weight is 232 g/mol. The molecule has 5 heteroatoms. The molecule has 4 nitrogen and oxygen atoms in total. The van der Waals surface area contributed by atoms with Crippen molar-refractivity contribution in [3.8, 4) is 0 Å². The Morgan fingerprint density at radius 3 is 2.62 bits per heavy atom. The second-order valence-electron chi connectivity index (χ2n) is 3.13. The Morgan fingerprint density at radius 2 is 1.94 bits per heavy atom. The van der Waals surface area contributed by atoms with E-state index >= 15 is 0 Å². The standard InChI is InChI=1S/C11H12N4S/c1-16-9-10(12)13-7-14-11(9)15-8-5-3-2-4-6-8/h2-7H,1H3,(H3,12,13,14,15). The van der Waals surface area contributed by atoms with Crippen molar-refractivity contribution >= 4 is 29.1 Å². The lowest BCUT2D eigenvalue weighted by Gasteiger charge is -2.10. The van der Waals surface area contributed by atoms with Crippen LogP contribution in [-0.4, -0.2) is 16.2 Å². The first-order valence-electron chi connectivity index (χ1n) is 4.78. The molecule has 0 saturated heterocycles. The van der Waals surface area contributed by atoms with Crippen LogP contribution < -0.4 is 11.1 Å². The molecule has 0 bridgehead atoms. The molecule has 1 aromatic carbocycles. The van der Waals surface area contributed by atoms with Gasteiger partial charge < -0.3 is 11.1 Å². The number of hydrogen-bond acceptors (Lipinski definition) is 5. The van der Waals surface area contributed by atoms with E-state index in [4.69, 9.17) is 5.73 Å². The minimum Gasteiger partial charge on any atom is -0.383 e. The van der Waals surface area contributed by atoms with Crippen LogP contribution in [0.3, 0.4) is 0 Å². The zero-order valence-corrected chi connectivity index (χ0v) is 9.66. The average Bonchev–Trinajstić information content (AvgIpc) is 2.31. The molecule has 0 fully saturated rings. The summed E-state index contributed by atoms with van der Waals surface area (Å²) in [5, 5.41) is 3.21. The lowest BCUT2D eigenvalue weighted by Crippen LogP contribution is -2.01. The van der Waals surface area contributed by atoms with Gasteiger partial charge in [-0.3, -0.25) is 0 Å². The van der Waals surface area contributed by atoms with Crippen LogP contribution in [0.5, 0.6) is 0 Å². The van der Waals surface area contributed by atoms with Crippen molar-refractivity contribution in [1.82, 2.24) is 9.97 Å². The molecule has 1 heterocycles. The number of hydrogen-bond donors (Lipinski definition) is 2. The molecule has 2 aromatic rings. The molecule has 0 unspecified atom stereocenters. The van der Waals surface area contributed by atoms with Gasteiger partial charge in [-0.15, -0.1) is 11.8 Å². The van der Waals surface area contributed by atoms with Crippen molar-refractivity contribution < 1.29 is 0 Å². The molecule has 1 aromatic heterocycles. The number of nitrogens with one attached hydrogen (secondary N) is 1. The molecule has 2 rings (SSSR count). The largest absolute Gasteiger partial charge is 0.383 e. The first-order chi connectivity index (χ1) is 7.81. The normalized spacial score (nSPS) is 10.1. The molecule has 0 amide bonds. The predicted molar refractivity (Wildman–Crippen MR) is 68.0 cm³/mol. The van der Waals surface area contributed by atoms with E-state index in [2.05, 4.69) is 15.3 Å². The molecule has 16 heavy (non-hydrogen) atoms. The number of benzene rings is 1. The van der Waals surface area contributed by atoms with E-state index in [1.165, 1.54) is 18.1 Å². The Bertz CT molecular complexity index is 473. The van der Waals surface area contributed by atoms with Crippen LogP contribution >= 0.6 is 11.8 Å². The second-order valence-corrected chi connectivity index (χ2v) is 3.95. The van der Waals surface area contributed by atoms with Crippen molar-refractivity contribution in [3.63, 3.8) is 0 Å². The highest BCUT2D eigenvalue weighted by atomic mass is 32.2. The maximum Gasteiger partial charge on any atom is 0.149 e. The third-order valence-corrected chi connectivity index (χ3v) is 2.88. The van der Waals surface area contributed by atoms with Gasteiger partial charge in [-0.05, 0) is 18.4 Å². The van der Waals surface area contributed by atoms with Gasteiger partial charge >= 0.3 is 0 Å². The molecule has 0 spiro atoms. The smallest absolute Gasteiger partial charge is 0.149 e. The summed E-state index contributed by atoms with van der Waals surface area (Å²) in [4.78, 5) is 9.01. The summed E-state index contributed by atoms with van der Waals surface area (Å²) < 4.78 is 0. The minimum atomic E-state index is 0.501. The van der Waals surface area contributed by atoms with E-state index in [9.17, 15) is 0 Å². The van der Waals surface area contributed by atoms with Crippen molar-refractivity contribution in [2.45, 2.75) is 4.90 Å². The number of thioether (sulfide) groups is 1. The first kappa shape index (κ1) is 10.8. The van der Waals surface area contributed by atoms with Crippen molar-refractivity contribution in [2.24, 2.45) is 0 Å². The van der Waals surface area contributed by atoms with Crippen LogP contribution in [0.1, 0.15) is 0 Å². The summed E-state index contributed by atoms with van der Waals surface area (Å²) in [6.45, 7) is 0. The SMILES string of the molecule is CSc1c(N)ncnc1Nc1ccccc1. The van der Waals surface area contributed by atoms with Crippen LogP contribution in [0.25, 0.3) is 0 Å². The highest BCUT2D eigenvalue weighted by Crippen LogP contribution is 2.29. The number of aromatic nitrogens is 2. The number of rotatable bonds is 3. The van der Waals surface area contributed by atoms with E-state index in [-0.39, 0.29) is 0 Å². The lowest BCUT2D eigenvalue weighted by atomic mass is 10.3. The van der Waals surface area contributed by atoms with Gasteiger partial charge in [0.05, 0.1) is 4.90 Å². The molecule has 0 saturated carbocycles. The maximum absolute atomic E-state index is 5.77. The van der Waals surface area contributed by atoms with Crippen LogP contribution in [0.15, 0.2) is 41.6 Å². The van der Waals surface area contributed by atoms with Crippen LogP contribution in [0.4, 0.5) is 17.3 Å². The zero-order valence-electron chi connectivity index (χ0n) is 8.84. The van der Waals surface area contributed by atoms with Gasteiger partial charge in [-0.25, -0.2) is 9.97 Å². The first-order valence-corrected chi connectivity index (χ1v) is 6.00. The van der Waals surface area contributed by atoms with E-state index in [1.54, 1.807) is 0 Å². The molecule has 0 atom stereocenters. The Balaban J connectivity index is 2.31. The maximum atomic E-state index is 5.77. The number of nitrogen functional groups attached to an aromatic ring is 1. The van der Waals surface area contributed by atoms with Gasteiger partial charge in [0, 0.05) is 5.69 Å². The topological polar surface area (TPSA) is 63.8 Å². The highest BCUT2D eigenvalue weighted by Gasteiger charge is 2.07. The number of nitrogens with zero attached hydrogens (tertiary/aromatic N) is 2. The minimum absolute atomic E-state index is 0.501. The third-order valence-electron chi connectivity index (χ3n) is 2.07. The molecule has 3 N–H and O–H groups in total. The molecule has 0 aliphatic carbocycles. The molecular weight excluding hydrogens is 220 g/mol. The summed E-state index contributed by atoms with van der Waals surface area (Å²) in [5.41, 5.74) is 6.76. The Hall–Kier alpha value is -1.75. The fourth-order valence-electron chi connectivity index (χ4n) is 1.34. The van der Waals surface area contributed by atoms with Gasteiger partial charge in [0.1, 0.15) is 18.0 Å². The molecule has 82 valence electrons. The van der Waals surface area contributed by atoms with E-state index in [1.807, 2.05) is 36.6 Å². The molecule has 0 aliphatic heterocycles. The summed E-state index contributed by atoms with van der Waals surface area (Å²) in [6, 6.07) is 9.84. The Labute approximate surface area is 98.3 Å². The number of anilines is 3. The van der Waals surface area contributed by atoms with Crippen LogP contribution in [-0.2, 0) is 0 Å². The summed E-state index contributed by atoms with van der Waals surface area (Å²) in [7, 11) is 0. The van der Waals surface area contributed by atoms with Crippen LogP contribution in [0, 0.1) is 0 Å². The number of nitrogens with two attached hydrogens (primary N) is 1. The summed E-state index contributed by atoms with van der Waals surface area (Å²) >= 11 is 1.53. The van der Waals surface area contributed by atoms with Gasteiger partial charge in [-0.1, -0.05) is 18.2 Å². The summed E-state index contributed by atoms with van der Waals surface area (Å²) in [6.07, 6.45) is 3.41. The van der Waals surface area contributed by atoms with Gasteiger partial charge in [0.15, 0.2) is 0 Å². The monoisotopic (exact) mass is 232 g/mol. The third kappa shape index (κ3) is 2.25. The van der Waals surface area contributed by atoms with E-state index < -0.39 is 0 Å². The van der Waals surface area contributed by atoms with Gasteiger partial charge in [0.25, 0.3) is 0 Å². The molecular formula is C11H12N4S. The quantitative estimate of drug-likeness (QED) is 0.796. The van der Waals surface area contributed by atoms with E-state index in [0.29, 0.717) is 5.82 Å². The number of para-hydroxylation sites is 1. The Kier molecular flexibility index (Phi) is 3.26.